The van der Waals surface area contributed by atoms with Gasteiger partial charge in [0, 0.05) is 5.57 Å². The number of phosphoric ester groups is 1. The summed E-state index contributed by atoms with van der Waals surface area (Å²) >= 11 is 0. The quantitative estimate of drug-likeness (QED) is 0.320. The molecule has 0 aliphatic carbocycles. The van der Waals surface area contributed by atoms with Crippen LogP contribution in [0.5, 0.6) is 0 Å². The van der Waals surface area contributed by atoms with Gasteiger partial charge in [-0.1, -0.05) is 6.58 Å². The highest BCUT2D eigenvalue weighted by atomic mass is 31.2. The van der Waals surface area contributed by atoms with Crippen LogP contribution in [-0.4, -0.2) is 66.1 Å². The summed E-state index contributed by atoms with van der Waals surface area (Å²) in [6.07, 6.45) is 0. The highest BCUT2D eigenvalue weighted by molar-refractivity contribution is 7.46. The number of rotatable bonds is 9. The van der Waals surface area contributed by atoms with Crippen LogP contribution in [-0.2, 0) is 28.1 Å². The molecule has 0 fully saturated rings. The zero-order valence-electron chi connectivity index (χ0n) is 17.4. The van der Waals surface area contributed by atoms with Gasteiger partial charge >= 0.3 is 13.8 Å². The summed E-state index contributed by atoms with van der Waals surface area (Å²) < 4.78 is 34.2. The molecular weight excluding hydrogens is 403 g/mol. The smallest absolute Gasteiger partial charge is 0.470 e. The maximum atomic E-state index is 12.2. The number of aliphatic imine (C=N–C) groups is 2. The second-order valence-electron chi connectivity index (χ2n) is 8.09. The molecule has 0 aromatic rings. The molecule has 0 saturated heterocycles. The van der Waals surface area contributed by atoms with Gasteiger partial charge in [0.25, 0.3) is 0 Å². The van der Waals surface area contributed by atoms with E-state index in [4.69, 9.17) is 18.7 Å². The van der Waals surface area contributed by atoms with Gasteiger partial charge in [-0.3, -0.25) is 14.5 Å². The molecule has 29 heavy (non-hydrogen) atoms. The van der Waals surface area contributed by atoms with Crippen molar-refractivity contribution in [3.8, 4) is 0 Å². The van der Waals surface area contributed by atoms with E-state index < -0.39 is 36.8 Å². The Kier molecular flexibility index (Phi) is 6.64. The second kappa shape index (κ2) is 8.18. The van der Waals surface area contributed by atoms with Crippen LogP contribution in [0.25, 0.3) is 0 Å². The summed E-state index contributed by atoms with van der Waals surface area (Å²) in [4.78, 5) is 40.4. The first-order valence-electron chi connectivity index (χ1n) is 9.19. The van der Waals surface area contributed by atoms with Crippen molar-refractivity contribution >= 4 is 25.6 Å². The van der Waals surface area contributed by atoms with Crippen molar-refractivity contribution in [2.24, 2.45) is 20.8 Å². The zero-order valence-corrected chi connectivity index (χ0v) is 18.3. The largest absolute Gasteiger partial charge is 0.479 e. The van der Waals surface area contributed by atoms with Crippen molar-refractivity contribution in [2.75, 3.05) is 32.9 Å². The van der Waals surface area contributed by atoms with Crippen molar-refractivity contribution in [1.29, 1.82) is 0 Å². The lowest BCUT2D eigenvalue weighted by Crippen LogP contribution is -2.65. The minimum absolute atomic E-state index is 0.134. The van der Waals surface area contributed by atoms with E-state index in [9.17, 15) is 19.1 Å². The van der Waals surface area contributed by atoms with Crippen molar-refractivity contribution in [3.63, 3.8) is 0 Å². The van der Waals surface area contributed by atoms with Gasteiger partial charge in [-0.15, -0.1) is 0 Å². The maximum absolute atomic E-state index is 12.2. The Morgan fingerprint density at radius 3 is 1.86 bits per heavy atom. The standard InChI is InChI=1S/C18H29N2O8P/c1-12(2)13(21)27-11-18(28-29(22,23)24,16(3,4)14-19-7-9-25-14)17(5,6)15-20-8-10-26-15/h1,7-11H2,2-6H3,(H2,22,23,24). The molecule has 0 bridgehead atoms. The van der Waals surface area contributed by atoms with Gasteiger partial charge in [0.15, 0.2) is 11.8 Å². The Bertz CT molecular complexity index is 745. The Morgan fingerprint density at radius 1 is 1.10 bits per heavy atom. The van der Waals surface area contributed by atoms with Crippen LogP contribution in [0.4, 0.5) is 0 Å². The first-order chi connectivity index (χ1) is 13.2. The number of esters is 1. The van der Waals surface area contributed by atoms with E-state index in [1.807, 2.05) is 0 Å². The number of nitrogens with zero attached hydrogens (tertiary/aromatic N) is 2. The summed E-state index contributed by atoms with van der Waals surface area (Å²) in [5.41, 5.74) is -4.18. The van der Waals surface area contributed by atoms with Crippen LogP contribution in [0.2, 0.25) is 0 Å². The molecule has 10 nitrogen and oxygen atoms in total. The lowest BCUT2D eigenvalue weighted by molar-refractivity contribution is -0.165. The van der Waals surface area contributed by atoms with Crippen LogP contribution in [0, 0.1) is 10.8 Å². The molecule has 0 aromatic heterocycles. The van der Waals surface area contributed by atoms with Crippen LogP contribution in [0.1, 0.15) is 34.6 Å². The number of carbonyl (C=O) groups excluding carboxylic acids is 1. The normalized spacial score (nSPS) is 17.9. The summed E-state index contributed by atoms with van der Waals surface area (Å²) in [5, 5.41) is 0. The lowest BCUT2D eigenvalue weighted by Gasteiger charge is -2.52. The fourth-order valence-electron chi connectivity index (χ4n) is 3.66. The Labute approximate surface area is 170 Å². The second-order valence-corrected chi connectivity index (χ2v) is 9.25. The summed E-state index contributed by atoms with van der Waals surface area (Å²) in [7, 11) is -5.08. The number of carbonyl (C=O) groups is 1. The van der Waals surface area contributed by atoms with Crippen molar-refractivity contribution in [3.05, 3.63) is 12.2 Å². The fourth-order valence-corrected chi connectivity index (χ4v) is 4.58. The molecule has 0 radical (unpaired) electrons. The minimum Gasteiger partial charge on any atom is -0.479 e. The first kappa shape index (κ1) is 23.5. The van der Waals surface area contributed by atoms with Gasteiger partial charge in [0.1, 0.15) is 25.4 Å². The number of hydrogen-bond acceptors (Lipinski definition) is 8. The summed E-state index contributed by atoms with van der Waals surface area (Å²) in [6, 6.07) is 0. The molecule has 2 aliphatic rings. The van der Waals surface area contributed by atoms with Gasteiger partial charge < -0.3 is 24.0 Å². The summed E-state index contributed by atoms with van der Waals surface area (Å²) in [5.74, 6) is -0.244. The van der Waals surface area contributed by atoms with E-state index in [1.54, 1.807) is 27.7 Å². The predicted molar refractivity (Wildman–Crippen MR) is 106 cm³/mol. The third-order valence-corrected chi connectivity index (χ3v) is 5.84. The monoisotopic (exact) mass is 432 g/mol. The van der Waals surface area contributed by atoms with Crippen LogP contribution < -0.4 is 0 Å². The summed E-state index contributed by atoms with van der Waals surface area (Å²) in [6.45, 7) is 12.6. The number of hydrogen-bond donors (Lipinski definition) is 2. The van der Waals surface area contributed by atoms with Crippen LogP contribution in [0.15, 0.2) is 22.1 Å². The molecule has 0 aromatic carbocycles. The van der Waals surface area contributed by atoms with Crippen molar-refractivity contribution in [2.45, 2.75) is 40.2 Å². The highest BCUT2D eigenvalue weighted by Crippen LogP contribution is 2.57. The third kappa shape index (κ3) is 4.55. The van der Waals surface area contributed by atoms with E-state index >= 15 is 0 Å². The topological polar surface area (TPSA) is 136 Å². The fraction of sp³-hybridized carbons (Fsp3) is 0.722. The van der Waals surface area contributed by atoms with Crippen molar-refractivity contribution in [1.82, 2.24) is 0 Å². The molecule has 2 N–H and O–H groups in total. The van der Waals surface area contributed by atoms with Gasteiger partial charge in [0.2, 0.25) is 0 Å². The molecule has 11 heteroatoms. The van der Waals surface area contributed by atoms with Gasteiger partial charge in [-0.2, -0.15) is 0 Å². The Balaban J connectivity index is 2.67. The highest BCUT2D eigenvalue weighted by Gasteiger charge is 2.65. The molecule has 2 rings (SSSR count). The average molecular weight is 432 g/mol. The van der Waals surface area contributed by atoms with E-state index in [-0.39, 0.29) is 17.4 Å². The zero-order chi connectivity index (χ0) is 22.1. The molecule has 2 aliphatic heterocycles. The minimum atomic E-state index is -5.08. The molecule has 0 spiro atoms. The Morgan fingerprint density at radius 2 is 1.55 bits per heavy atom. The molecule has 0 amide bonds. The maximum Gasteiger partial charge on any atom is 0.470 e. The van der Waals surface area contributed by atoms with Crippen molar-refractivity contribution < 1.29 is 37.9 Å². The SMILES string of the molecule is C=C(C)C(=O)OCC(OP(=O)(O)O)(C(C)(C)C1=NCCO1)C(C)(C)C1=NCCO1. The van der Waals surface area contributed by atoms with E-state index in [2.05, 4.69) is 16.6 Å². The molecular formula is C18H29N2O8P. The number of phosphoric acid groups is 1. The van der Waals surface area contributed by atoms with Gasteiger partial charge in [0.05, 0.1) is 23.9 Å². The van der Waals surface area contributed by atoms with Gasteiger partial charge in [-0.25, -0.2) is 9.36 Å². The molecule has 0 saturated carbocycles. The molecule has 2 heterocycles. The molecule has 164 valence electrons. The van der Waals surface area contributed by atoms with E-state index in [1.165, 1.54) is 6.92 Å². The van der Waals surface area contributed by atoms with Gasteiger partial charge in [-0.05, 0) is 34.6 Å². The Hall–Kier alpha value is -1.74. The predicted octanol–water partition coefficient (Wildman–Crippen LogP) is 1.86. The lowest BCUT2D eigenvalue weighted by atomic mass is 9.60. The third-order valence-electron chi connectivity index (χ3n) is 5.29. The molecule has 0 atom stereocenters. The van der Waals surface area contributed by atoms with E-state index in [0.29, 0.717) is 26.3 Å². The number of ether oxygens (including phenoxy) is 3. The first-order valence-corrected chi connectivity index (χ1v) is 10.7. The van der Waals surface area contributed by atoms with Crippen LogP contribution >= 0.6 is 7.82 Å². The molecule has 0 unspecified atom stereocenters. The van der Waals surface area contributed by atoms with Crippen LogP contribution in [0.3, 0.4) is 0 Å². The van der Waals surface area contributed by atoms with E-state index in [0.717, 1.165) is 0 Å². The average Bonchev–Trinajstić information content (AvgIpc) is 3.30.